The highest BCUT2D eigenvalue weighted by Gasteiger charge is 2.17. The SMILES string of the molecule is CC(CNC/C=C/c1ccccc1)NS(=O)(=O)c1ccc2cnccc2c1.Cl.Cl. The van der Waals surface area contributed by atoms with Crippen LogP contribution in [0.5, 0.6) is 0 Å². The van der Waals surface area contributed by atoms with Gasteiger partial charge in [0.05, 0.1) is 4.90 Å². The summed E-state index contributed by atoms with van der Waals surface area (Å²) in [7, 11) is -3.57. The molecule has 0 radical (unpaired) electrons. The number of aromatic nitrogens is 1. The van der Waals surface area contributed by atoms with E-state index in [2.05, 4.69) is 15.0 Å². The Balaban J connectivity index is 0.00000210. The lowest BCUT2D eigenvalue weighted by Crippen LogP contribution is -2.39. The fraction of sp³-hybridized carbons (Fsp3) is 0.190. The van der Waals surface area contributed by atoms with Crippen molar-refractivity contribution in [3.05, 3.63) is 78.6 Å². The third-order valence-corrected chi connectivity index (χ3v) is 5.69. The molecule has 2 aromatic carbocycles. The largest absolute Gasteiger partial charge is 0.312 e. The number of benzene rings is 2. The van der Waals surface area contributed by atoms with Crippen molar-refractivity contribution >= 4 is 51.7 Å². The molecule has 0 aliphatic rings. The van der Waals surface area contributed by atoms with Crippen LogP contribution in [0.2, 0.25) is 0 Å². The molecule has 0 spiro atoms. The number of rotatable bonds is 8. The molecule has 0 saturated heterocycles. The highest BCUT2D eigenvalue weighted by Crippen LogP contribution is 2.18. The molecule has 1 unspecified atom stereocenters. The fourth-order valence-corrected chi connectivity index (χ4v) is 4.02. The van der Waals surface area contributed by atoms with Crippen LogP contribution in [-0.2, 0) is 10.0 Å². The Morgan fingerprint density at radius 3 is 2.55 bits per heavy atom. The maximum Gasteiger partial charge on any atom is 0.240 e. The van der Waals surface area contributed by atoms with Gasteiger partial charge in [-0.25, -0.2) is 13.1 Å². The zero-order valence-corrected chi connectivity index (χ0v) is 18.4. The summed E-state index contributed by atoms with van der Waals surface area (Å²) in [6, 6.07) is 16.7. The summed E-state index contributed by atoms with van der Waals surface area (Å²) in [6.07, 6.45) is 7.43. The smallest absolute Gasteiger partial charge is 0.240 e. The van der Waals surface area contributed by atoms with Gasteiger partial charge in [0.1, 0.15) is 0 Å². The molecule has 1 aromatic heterocycles. The predicted octanol–water partition coefficient (Wildman–Crippen LogP) is 4.05. The van der Waals surface area contributed by atoms with E-state index in [9.17, 15) is 8.42 Å². The Morgan fingerprint density at radius 1 is 1.03 bits per heavy atom. The van der Waals surface area contributed by atoms with Gasteiger partial charge in [-0.05, 0) is 36.1 Å². The zero-order chi connectivity index (χ0) is 19.1. The summed E-state index contributed by atoms with van der Waals surface area (Å²) < 4.78 is 27.9. The second kappa shape index (κ2) is 11.9. The summed E-state index contributed by atoms with van der Waals surface area (Å²) >= 11 is 0. The summed E-state index contributed by atoms with van der Waals surface area (Å²) in [6.45, 7) is 3.05. The molecule has 156 valence electrons. The van der Waals surface area contributed by atoms with Crippen molar-refractivity contribution in [2.75, 3.05) is 13.1 Å². The molecule has 8 heteroatoms. The molecular weight excluding hydrogens is 429 g/mol. The Bertz CT molecular complexity index is 1030. The number of nitrogens with zero attached hydrogens (tertiary/aromatic N) is 1. The monoisotopic (exact) mass is 453 g/mol. The van der Waals surface area contributed by atoms with Gasteiger partial charge >= 0.3 is 0 Å². The number of pyridine rings is 1. The first-order valence-electron chi connectivity index (χ1n) is 8.83. The molecule has 0 bridgehead atoms. The van der Waals surface area contributed by atoms with E-state index in [-0.39, 0.29) is 35.8 Å². The molecule has 0 aliphatic carbocycles. The second-order valence-corrected chi connectivity index (χ2v) is 8.09. The summed E-state index contributed by atoms with van der Waals surface area (Å²) in [4.78, 5) is 4.30. The van der Waals surface area contributed by atoms with Crippen LogP contribution in [-0.4, -0.2) is 32.5 Å². The molecule has 1 heterocycles. The molecule has 2 N–H and O–H groups in total. The second-order valence-electron chi connectivity index (χ2n) is 6.38. The molecular formula is C21H25Cl2N3O2S. The van der Waals surface area contributed by atoms with E-state index < -0.39 is 10.0 Å². The van der Waals surface area contributed by atoms with Crippen molar-refractivity contribution in [1.29, 1.82) is 0 Å². The first-order valence-corrected chi connectivity index (χ1v) is 10.3. The number of sulfonamides is 1. The van der Waals surface area contributed by atoms with Gasteiger partial charge in [0, 0.05) is 36.9 Å². The lowest BCUT2D eigenvalue weighted by atomic mass is 10.2. The number of hydrogen-bond acceptors (Lipinski definition) is 4. The van der Waals surface area contributed by atoms with Crippen molar-refractivity contribution in [2.45, 2.75) is 17.9 Å². The lowest BCUT2D eigenvalue weighted by molar-refractivity contribution is 0.545. The van der Waals surface area contributed by atoms with Gasteiger partial charge < -0.3 is 5.32 Å². The summed E-state index contributed by atoms with van der Waals surface area (Å²) in [5, 5.41) is 5.00. The van der Waals surface area contributed by atoms with Gasteiger partial charge in [-0.2, -0.15) is 0 Å². The van der Waals surface area contributed by atoms with Gasteiger partial charge in [0.15, 0.2) is 0 Å². The highest BCUT2D eigenvalue weighted by atomic mass is 35.5. The Morgan fingerprint density at radius 2 is 1.79 bits per heavy atom. The zero-order valence-electron chi connectivity index (χ0n) is 16.0. The van der Waals surface area contributed by atoms with E-state index in [4.69, 9.17) is 0 Å². The third-order valence-electron chi connectivity index (χ3n) is 4.10. The van der Waals surface area contributed by atoms with Crippen LogP contribution in [0.25, 0.3) is 16.8 Å². The quantitative estimate of drug-likeness (QED) is 0.504. The van der Waals surface area contributed by atoms with Crippen LogP contribution in [0.3, 0.4) is 0 Å². The van der Waals surface area contributed by atoms with Gasteiger partial charge in [-0.1, -0.05) is 48.6 Å². The van der Waals surface area contributed by atoms with Crippen molar-refractivity contribution in [3.8, 4) is 0 Å². The highest BCUT2D eigenvalue weighted by molar-refractivity contribution is 7.89. The maximum atomic E-state index is 12.6. The van der Waals surface area contributed by atoms with Gasteiger partial charge in [-0.3, -0.25) is 4.98 Å². The molecule has 0 amide bonds. The normalized spacial score (nSPS) is 12.3. The minimum absolute atomic E-state index is 0. The maximum absolute atomic E-state index is 12.6. The first-order chi connectivity index (χ1) is 13.0. The van der Waals surface area contributed by atoms with Crippen LogP contribution < -0.4 is 10.0 Å². The van der Waals surface area contributed by atoms with E-state index >= 15 is 0 Å². The number of nitrogens with one attached hydrogen (secondary N) is 2. The molecule has 0 saturated carbocycles. The van der Waals surface area contributed by atoms with Crippen molar-refractivity contribution in [3.63, 3.8) is 0 Å². The van der Waals surface area contributed by atoms with Gasteiger partial charge in [-0.15, -0.1) is 24.8 Å². The molecule has 3 rings (SSSR count). The first kappa shape index (κ1) is 25.1. The van der Waals surface area contributed by atoms with Crippen molar-refractivity contribution in [2.24, 2.45) is 0 Å². The van der Waals surface area contributed by atoms with Crippen LogP contribution in [0.1, 0.15) is 12.5 Å². The predicted molar refractivity (Wildman–Crippen MR) is 124 cm³/mol. The number of hydrogen-bond donors (Lipinski definition) is 2. The lowest BCUT2D eigenvalue weighted by Gasteiger charge is -2.15. The molecule has 1 atom stereocenters. The molecule has 0 aliphatic heterocycles. The van der Waals surface area contributed by atoms with E-state index in [0.717, 1.165) is 16.3 Å². The van der Waals surface area contributed by atoms with Crippen LogP contribution >= 0.6 is 24.8 Å². The van der Waals surface area contributed by atoms with E-state index in [1.165, 1.54) is 0 Å². The van der Waals surface area contributed by atoms with E-state index in [1.807, 2.05) is 49.4 Å². The minimum atomic E-state index is -3.57. The molecule has 5 nitrogen and oxygen atoms in total. The van der Waals surface area contributed by atoms with Crippen molar-refractivity contribution in [1.82, 2.24) is 15.0 Å². The third kappa shape index (κ3) is 7.42. The van der Waals surface area contributed by atoms with Crippen LogP contribution in [0, 0.1) is 0 Å². The topological polar surface area (TPSA) is 71.1 Å². The standard InChI is InChI=1S/C21H23N3O2S.2ClH/c1-17(15-22-12-5-8-18-6-3-2-4-7-18)24-27(25,26)21-10-9-20-16-23-13-11-19(20)14-21;;/h2-11,13-14,16-17,22,24H,12,15H2,1H3;2*1H/b8-5+;;. The van der Waals surface area contributed by atoms with Gasteiger partial charge in [0.2, 0.25) is 10.0 Å². The average Bonchev–Trinajstić information content (AvgIpc) is 2.68. The fourth-order valence-electron chi connectivity index (χ4n) is 2.75. The summed E-state index contributed by atoms with van der Waals surface area (Å²) in [5.74, 6) is 0. The van der Waals surface area contributed by atoms with Crippen LogP contribution in [0.4, 0.5) is 0 Å². The van der Waals surface area contributed by atoms with Crippen LogP contribution in [0.15, 0.2) is 78.0 Å². The Labute approximate surface area is 184 Å². The molecule has 3 aromatic rings. The van der Waals surface area contributed by atoms with E-state index in [0.29, 0.717) is 13.1 Å². The number of fused-ring (bicyclic) bond motifs is 1. The average molecular weight is 454 g/mol. The molecule has 29 heavy (non-hydrogen) atoms. The van der Waals surface area contributed by atoms with Gasteiger partial charge in [0.25, 0.3) is 0 Å². The number of halogens is 2. The Hall–Kier alpha value is -1.96. The summed E-state index contributed by atoms with van der Waals surface area (Å²) in [5.41, 5.74) is 1.14. The van der Waals surface area contributed by atoms with Crippen molar-refractivity contribution < 1.29 is 8.42 Å². The Kier molecular flexibility index (Phi) is 10.3. The van der Waals surface area contributed by atoms with E-state index in [1.54, 1.807) is 36.7 Å². The molecule has 0 fully saturated rings. The minimum Gasteiger partial charge on any atom is -0.312 e.